The first-order valence-electron chi connectivity index (χ1n) is 14.4. The normalized spacial score (nSPS) is 24.3. The number of anilines is 1. The van der Waals surface area contributed by atoms with Crippen molar-refractivity contribution >= 4 is 30.9 Å². The molecule has 0 aromatic carbocycles. The van der Waals surface area contributed by atoms with Gasteiger partial charge in [0.05, 0.1) is 25.5 Å². The third-order valence-electron chi connectivity index (χ3n) is 6.72. The van der Waals surface area contributed by atoms with Crippen LogP contribution in [0.15, 0.2) is 18.5 Å². The molecule has 0 bridgehead atoms. The van der Waals surface area contributed by atoms with Crippen LogP contribution in [0.1, 0.15) is 74.1 Å². The Labute approximate surface area is 257 Å². The summed E-state index contributed by atoms with van der Waals surface area (Å²) < 4.78 is 38.2. The summed E-state index contributed by atoms with van der Waals surface area (Å²) in [6.45, 7) is 15.5. The minimum atomic E-state index is -4.25. The molecule has 0 saturated carbocycles. The average molecular weight is 643 g/mol. The second-order valence-electron chi connectivity index (χ2n) is 13.9. The van der Waals surface area contributed by atoms with Crippen LogP contribution in [-0.4, -0.2) is 86.5 Å². The van der Waals surface area contributed by atoms with Gasteiger partial charge in [-0.3, -0.25) is 14.2 Å². The summed E-state index contributed by atoms with van der Waals surface area (Å²) in [4.78, 5) is 29.4. The molecule has 1 fully saturated rings. The van der Waals surface area contributed by atoms with Gasteiger partial charge in [-0.25, -0.2) is 19.7 Å². The van der Waals surface area contributed by atoms with Crippen molar-refractivity contribution in [3.05, 3.63) is 24.2 Å². The number of nitrogens with two attached hydrogens (primary N) is 1. The van der Waals surface area contributed by atoms with Gasteiger partial charge in [0.15, 0.2) is 5.82 Å². The van der Waals surface area contributed by atoms with E-state index in [4.69, 9.17) is 24.5 Å². The lowest BCUT2D eigenvalue weighted by molar-refractivity contribution is -0.148. The van der Waals surface area contributed by atoms with E-state index < -0.39 is 62.2 Å². The number of nitrogen functional groups attached to an aromatic ring is 1. The van der Waals surface area contributed by atoms with Crippen LogP contribution in [-0.2, 0) is 32.9 Å². The zero-order valence-electron chi connectivity index (χ0n) is 26.9. The Kier molecular flexibility index (Phi) is 10.9. The maximum absolute atomic E-state index is 14.2. The Hall–Kier alpha value is -2.65. The quantitative estimate of drug-likeness (QED) is 0.166. The summed E-state index contributed by atoms with van der Waals surface area (Å²) in [5, 5.41) is 31.4. The molecule has 3 heterocycles. The van der Waals surface area contributed by atoms with Crippen molar-refractivity contribution in [2.75, 3.05) is 25.6 Å². The lowest BCUT2D eigenvalue weighted by Crippen LogP contribution is -2.47. The molecule has 15 nitrogen and oxygen atoms in total. The molecule has 6 atom stereocenters. The number of hydrogen-bond acceptors (Lipinski definition) is 12. The zero-order valence-corrected chi connectivity index (χ0v) is 27.8. The standard InChI is InChI=1S/C28H47N6O9P/c1-16(24(37)40-12-26(3,4)5)32-44(39,33-17(2)25(38)41-13-27(6,7)8)42-14-28(9)22(36)20(35)21(43-28)18-10-11-19-23(29)30-15-31-34(18)19/h10-11,15-17,20-22,35-36H,12-14H2,1-9H3,(H2,29,30,31)(H2,32,33,39)/t16-,17-,20-,21-,22-,28+/m0/s1. The number of aliphatic hydroxyl groups is 2. The van der Waals surface area contributed by atoms with Gasteiger partial charge in [0.1, 0.15) is 47.8 Å². The van der Waals surface area contributed by atoms with Crippen molar-refractivity contribution in [2.24, 2.45) is 10.8 Å². The monoisotopic (exact) mass is 642 g/mol. The first kappa shape index (κ1) is 35.8. The van der Waals surface area contributed by atoms with Crippen LogP contribution in [0.4, 0.5) is 5.82 Å². The maximum Gasteiger partial charge on any atom is 0.342 e. The highest BCUT2D eigenvalue weighted by Crippen LogP contribution is 2.45. The molecule has 44 heavy (non-hydrogen) atoms. The van der Waals surface area contributed by atoms with Gasteiger partial charge in [0.2, 0.25) is 0 Å². The first-order chi connectivity index (χ1) is 20.1. The SMILES string of the molecule is C[C@H](NP(=O)(N[C@@H](C)C(=O)OCC(C)(C)C)OC[C@@]1(C)O[C@@H](c2ccc3c(N)ncnn23)[C@H](O)[C@@H]1O)C(=O)OCC(C)(C)C. The van der Waals surface area contributed by atoms with Crippen molar-refractivity contribution in [1.29, 1.82) is 0 Å². The Balaban J connectivity index is 1.81. The molecule has 248 valence electrons. The molecule has 1 saturated heterocycles. The number of nitrogens with one attached hydrogen (secondary N) is 2. The van der Waals surface area contributed by atoms with Crippen molar-refractivity contribution in [2.45, 2.75) is 98.3 Å². The first-order valence-corrected chi connectivity index (χ1v) is 16.0. The second kappa shape index (κ2) is 13.4. The van der Waals surface area contributed by atoms with Crippen LogP contribution in [0.3, 0.4) is 0 Å². The Bertz CT molecular complexity index is 1330. The van der Waals surface area contributed by atoms with Gasteiger partial charge in [0, 0.05) is 0 Å². The molecular weight excluding hydrogens is 595 g/mol. The van der Waals surface area contributed by atoms with Gasteiger partial charge in [0.25, 0.3) is 0 Å². The highest BCUT2D eigenvalue weighted by Gasteiger charge is 2.53. The molecule has 0 spiro atoms. The van der Waals surface area contributed by atoms with E-state index in [0.29, 0.717) is 11.2 Å². The molecule has 1 aliphatic rings. The van der Waals surface area contributed by atoms with Crippen molar-refractivity contribution < 1.29 is 43.1 Å². The minimum Gasteiger partial charge on any atom is -0.464 e. The number of esters is 2. The average Bonchev–Trinajstić information content (AvgIpc) is 3.44. The minimum absolute atomic E-state index is 0.119. The number of fused-ring (bicyclic) bond motifs is 1. The van der Waals surface area contributed by atoms with Gasteiger partial charge >= 0.3 is 19.6 Å². The van der Waals surface area contributed by atoms with Crippen LogP contribution >= 0.6 is 7.67 Å². The molecule has 1 aliphatic heterocycles. The van der Waals surface area contributed by atoms with Gasteiger partial charge < -0.3 is 34.7 Å². The van der Waals surface area contributed by atoms with Gasteiger partial charge in [-0.1, -0.05) is 41.5 Å². The molecule has 0 aliphatic carbocycles. The van der Waals surface area contributed by atoms with Crippen LogP contribution < -0.4 is 15.9 Å². The van der Waals surface area contributed by atoms with Crippen LogP contribution in [0.5, 0.6) is 0 Å². The van der Waals surface area contributed by atoms with Gasteiger partial charge in [-0.05, 0) is 43.7 Å². The summed E-state index contributed by atoms with van der Waals surface area (Å²) >= 11 is 0. The number of nitrogens with zero attached hydrogens (tertiary/aromatic N) is 3. The summed E-state index contributed by atoms with van der Waals surface area (Å²) in [5.41, 5.74) is 4.62. The molecule has 16 heteroatoms. The summed E-state index contributed by atoms with van der Waals surface area (Å²) in [6, 6.07) is 1.05. The summed E-state index contributed by atoms with van der Waals surface area (Å²) in [5.74, 6) is -1.16. The fourth-order valence-corrected chi connectivity index (χ4v) is 6.16. The van der Waals surface area contributed by atoms with E-state index in [0.717, 1.165) is 0 Å². The lowest BCUT2D eigenvalue weighted by atomic mass is 9.97. The molecule has 0 unspecified atom stereocenters. The number of carbonyl (C=O) groups is 2. The summed E-state index contributed by atoms with van der Waals surface area (Å²) in [7, 11) is -4.25. The number of rotatable bonds is 12. The predicted molar refractivity (Wildman–Crippen MR) is 161 cm³/mol. The third kappa shape index (κ3) is 8.96. The van der Waals surface area contributed by atoms with E-state index in [1.165, 1.54) is 31.6 Å². The molecular formula is C28H47N6O9P. The van der Waals surface area contributed by atoms with Crippen LogP contribution in [0, 0.1) is 10.8 Å². The highest BCUT2D eigenvalue weighted by molar-refractivity contribution is 7.54. The topological polar surface area (TPSA) is 209 Å². The van der Waals surface area contributed by atoms with Gasteiger partial charge in [-0.15, -0.1) is 0 Å². The number of ether oxygens (including phenoxy) is 3. The maximum atomic E-state index is 14.2. The molecule has 6 N–H and O–H groups in total. The number of carbonyl (C=O) groups excluding carboxylic acids is 2. The predicted octanol–water partition coefficient (Wildman–Crippen LogP) is 2.12. The fraction of sp³-hybridized carbons (Fsp3) is 0.714. The van der Waals surface area contributed by atoms with Crippen LogP contribution in [0.25, 0.3) is 5.52 Å². The van der Waals surface area contributed by atoms with Crippen molar-refractivity contribution in [1.82, 2.24) is 24.8 Å². The van der Waals surface area contributed by atoms with E-state index >= 15 is 0 Å². The molecule has 2 aromatic rings. The largest absolute Gasteiger partial charge is 0.464 e. The van der Waals surface area contributed by atoms with Crippen molar-refractivity contribution in [3.8, 4) is 0 Å². The van der Waals surface area contributed by atoms with E-state index in [-0.39, 0.29) is 29.9 Å². The van der Waals surface area contributed by atoms with Crippen molar-refractivity contribution in [3.63, 3.8) is 0 Å². The summed E-state index contributed by atoms with van der Waals surface area (Å²) in [6.07, 6.45) is -2.72. The van der Waals surface area contributed by atoms with Gasteiger partial charge in [-0.2, -0.15) is 5.10 Å². The van der Waals surface area contributed by atoms with E-state index in [9.17, 15) is 24.4 Å². The molecule has 2 aromatic heterocycles. The molecule has 3 rings (SSSR count). The Morgan fingerprint density at radius 2 is 1.59 bits per heavy atom. The molecule has 0 radical (unpaired) electrons. The fourth-order valence-electron chi connectivity index (χ4n) is 4.27. The number of aromatic nitrogens is 3. The zero-order chi connectivity index (χ0) is 33.3. The smallest absolute Gasteiger partial charge is 0.342 e. The van der Waals surface area contributed by atoms with E-state index in [1.807, 2.05) is 41.5 Å². The Morgan fingerprint density at radius 3 is 2.09 bits per heavy atom. The molecule has 0 amide bonds. The second-order valence-corrected chi connectivity index (χ2v) is 15.7. The van der Waals surface area contributed by atoms with E-state index in [1.54, 1.807) is 12.1 Å². The lowest BCUT2D eigenvalue weighted by Gasteiger charge is -2.32. The van der Waals surface area contributed by atoms with Crippen LogP contribution in [0.2, 0.25) is 0 Å². The number of hydrogen-bond donors (Lipinski definition) is 5. The Morgan fingerprint density at radius 1 is 1.07 bits per heavy atom. The number of aliphatic hydroxyl groups excluding tert-OH is 2. The van der Waals surface area contributed by atoms with E-state index in [2.05, 4.69) is 20.3 Å². The highest BCUT2D eigenvalue weighted by atomic mass is 31.2. The third-order valence-corrected chi connectivity index (χ3v) is 8.67.